The van der Waals surface area contributed by atoms with Crippen LogP contribution in [0.4, 0.5) is 0 Å². The predicted molar refractivity (Wildman–Crippen MR) is 120 cm³/mol. The van der Waals surface area contributed by atoms with E-state index in [-0.39, 0.29) is 11.5 Å². The van der Waals surface area contributed by atoms with Crippen LogP contribution >= 0.6 is 0 Å². The minimum absolute atomic E-state index is 0.186. The minimum Gasteiger partial charge on any atom is -0.478 e. The monoisotopic (exact) mass is 404 g/mol. The average Bonchev–Trinajstić information content (AvgIpc) is 2.81. The van der Waals surface area contributed by atoms with E-state index in [0.29, 0.717) is 17.6 Å². The Bertz CT molecular complexity index is 836. The molecule has 2 aliphatic rings. The first-order chi connectivity index (χ1) is 14.6. The Labute approximate surface area is 179 Å². The Hall–Kier alpha value is -2.42. The smallest absolute Gasteiger partial charge is 0.335 e. The van der Waals surface area contributed by atoms with E-state index in [2.05, 4.69) is 0 Å². The standard InChI is InChI=1S/C27H32O3/c28-26(25(21-7-3-1-4-8-21)22-9-5-2-6-10-22)23-15-11-19(12-16-23)20-13-17-24(18-14-20)27(29)30/h11-18,21-22,25H,1-10H2,(H,29,30). The average molecular weight is 405 g/mol. The summed E-state index contributed by atoms with van der Waals surface area (Å²) >= 11 is 0. The van der Waals surface area contributed by atoms with E-state index in [1.54, 1.807) is 12.1 Å². The molecule has 0 unspecified atom stereocenters. The van der Waals surface area contributed by atoms with E-state index in [1.807, 2.05) is 36.4 Å². The van der Waals surface area contributed by atoms with Gasteiger partial charge in [-0.3, -0.25) is 4.79 Å². The predicted octanol–water partition coefficient (Wildman–Crippen LogP) is 7.01. The van der Waals surface area contributed by atoms with Gasteiger partial charge < -0.3 is 5.11 Å². The van der Waals surface area contributed by atoms with Crippen molar-refractivity contribution in [1.29, 1.82) is 0 Å². The zero-order valence-electron chi connectivity index (χ0n) is 17.7. The first-order valence-corrected chi connectivity index (χ1v) is 11.6. The van der Waals surface area contributed by atoms with Gasteiger partial charge in [0, 0.05) is 11.5 Å². The molecule has 158 valence electrons. The molecule has 0 radical (unpaired) electrons. The van der Waals surface area contributed by atoms with Crippen LogP contribution in [-0.4, -0.2) is 16.9 Å². The highest BCUT2D eigenvalue weighted by atomic mass is 16.4. The fourth-order valence-corrected chi connectivity index (χ4v) is 5.62. The van der Waals surface area contributed by atoms with E-state index < -0.39 is 5.97 Å². The second-order valence-electron chi connectivity index (χ2n) is 9.15. The molecule has 4 rings (SSSR count). The van der Waals surface area contributed by atoms with Gasteiger partial charge in [0.2, 0.25) is 0 Å². The van der Waals surface area contributed by atoms with Crippen LogP contribution in [0.1, 0.15) is 84.9 Å². The van der Waals surface area contributed by atoms with Gasteiger partial charge in [-0.05, 0) is 60.8 Å². The number of aromatic carboxylic acids is 1. The lowest BCUT2D eigenvalue weighted by molar-refractivity contribution is 0.0692. The zero-order chi connectivity index (χ0) is 20.9. The Morgan fingerprint density at radius 2 is 1.03 bits per heavy atom. The van der Waals surface area contributed by atoms with Gasteiger partial charge in [-0.25, -0.2) is 4.79 Å². The molecule has 3 nitrogen and oxygen atoms in total. The summed E-state index contributed by atoms with van der Waals surface area (Å²) < 4.78 is 0. The number of carboxylic acid groups (broad SMARTS) is 1. The van der Waals surface area contributed by atoms with Gasteiger partial charge in [0.05, 0.1) is 5.56 Å². The maximum absolute atomic E-state index is 13.6. The molecule has 0 bridgehead atoms. The number of rotatable bonds is 6. The minimum atomic E-state index is -0.918. The summed E-state index contributed by atoms with van der Waals surface area (Å²) in [5.41, 5.74) is 3.10. The molecule has 0 spiro atoms. The summed E-state index contributed by atoms with van der Waals surface area (Å²) in [7, 11) is 0. The van der Waals surface area contributed by atoms with E-state index >= 15 is 0 Å². The van der Waals surface area contributed by atoms with Crippen LogP contribution in [0, 0.1) is 17.8 Å². The number of carboxylic acids is 1. The normalized spacial score (nSPS) is 18.4. The highest BCUT2D eigenvalue weighted by Gasteiger charge is 2.36. The number of carbonyl (C=O) groups excluding carboxylic acids is 1. The number of hydrogen-bond donors (Lipinski definition) is 1. The van der Waals surface area contributed by atoms with Crippen LogP contribution in [0.5, 0.6) is 0 Å². The van der Waals surface area contributed by atoms with Crippen molar-refractivity contribution in [2.45, 2.75) is 64.2 Å². The van der Waals surface area contributed by atoms with Gasteiger partial charge in [0.1, 0.15) is 0 Å². The SMILES string of the molecule is O=C(O)c1ccc(-c2ccc(C(=O)C(C3CCCCC3)C3CCCCC3)cc2)cc1. The lowest BCUT2D eigenvalue weighted by Crippen LogP contribution is -2.33. The lowest BCUT2D eigenvalue weighted by Gasteiger charge is -2.37. The van der Waals surface area contributed by atoms with Crippen LogP contribution in [-0.2, 0) is 0 Å². The topological polar surface area (TPSA) is 54.4 Å². The third-order valence-corrected chi connectivity index (χ3v) is 7.25. The van der Waals surface area contributed by atoms with Crippen molar-refractivity contribution in [2.75, 3.05) is 0 Å². The number of Topliss-reactive ketones (excluding diaryl/α,β-unsaturated/α-hetero) is 1. The second kappa shape index (κ2) is 9.59. The molecule has 1 N–H and O–H groups in total. The molecule has 2 aromatic carbocycles. The fourth-order valence-electron chi connectivity index (χ4n) is 5.62. The van der Waals surface area contributed by atoms with Crippen LogP contribution in [0.3, 0.4) is 0 Å². The van der Waals surface area contributed by atoms with Crippen molar-refractivity contribution in [2.24, 2.45) is 17.8 Å². The van der Waals surface area contributed by atoms with Crippen molar-refractivity contribution in [3.63, 3.8) is 0 Å². The van der Waals surface area contributed by atoms with Crippen molar-refractivity contribution in [3.8, 4) is 11.1 Å². The number of benzene rings is 2. The summed E-state index contributed by atoms with van der Waals surface area (Å²) in [6.07, 6.45) is 12.6. The molecule has 0 amide bonds. The summed E-state index contributed by atoms with van der Waals surface area (Å²) in [5.74, 6) is 0.724. The molecule has 2 aromatic rings. The zero-order valence-corrected chi connectivity index (χ0v) is 17.7. The van der Waals surface area contributed by atoms with Gasteiger partial charge >= 0.3 is 5.97 Å². The Balaban J connectivity index is 1.54. The molecule has 30 heavy (non-hydrogen) atoms. The van der Waals surface area contributed by atoms with Crippen molar-refractivity contribution >= 4 is 11.8 Å². The number of hydrogen-bond acceptors (Lipinski definition) is 2. The molecular weight excluding hydrogens is 372 g/mol. The van der Waals surface area contributed by atoms with E-state index in [9.17, 15) is 9.59 Å². The maximum atomic E-state index is 13.6. The highest BCUT2D eigenvalue weighted by Crippen LogP contribution is 2.41. The second-order valence-corrected chi connectivity index (χ2v) is 9.15. The molecule has 0 aliphatic heterocycles. The number of ketones is 1. The lowest BCUT2D eigenvalue weighted by atomic mass is 9.67. The third kappa shape index (κ3) is 4.66. The summed E-state index contributed by atoms with van der Waals surface area (Å²) in [5, 5.41) is 9.07. The number of carbonyl (C=O) groups is 2. The van der Waals surface area contributed by atoms with E-state index in [1.165, 1.54) is 64.2 Å². The van der Waals surface area contributed by atoms with Gasteiger partial charge in [-0.15, -0.1) is 0 Å². The highest BCUT2D eigenvalue weighted by molar-refractivity contribution is 5.98. The summed E-state index contributed by atoms with van der Waals surface area (Å²) in [6.45, 7) is 0. The van der Waals surface area contributed by atoms with Crippen molar-refractivity contribution in [3.05, 3.63) is 59.7 Å². The molecule has 0 aromatic heterocycles. The van der Waals surface area contributed by atoms with Crippen LogP contribution in [0.15, 0.2) is 48.5 Å². The van der Waals surface area contributed by atoms with Crippen LogP contribution < -0.4 is 0 Å². The van der Waals surface area contributed by atoms with Gasteiger partial charge in [-0.2, -0.15) is 0 Å². The Morgan fingerprint density at radius 1 is 0.633 bits per heavy atom. The largest absolute Gasteiger partial charge is 0.478 e. The van der Waals surface area contributed by atoms with Crippen LogP contribution in [0.25, 0.3) is 11.1 Å². The Morgan fingerprint density at radius 3 is 1.43 bits per heavy atom. The quantitative estimate of drug-likeness (QED) is 0.527. The van der Waals surface area contributed by atoms with Crippen LogP contribution in [0.2, 0.25) is 0 Å². The molecule has 2 fully saturated rings. The van der Waals surface area contributed by atoms with Gasteiger partial charge in [0.25, 0.3) is 0 Å². The molecule has 0 heterocycles. The van der Waals surface area contributed by atoms with Crippen molar-refractivity contribution < 1.29 is 14.7 Å². The van der Waals surface area contributed by atoms with E-state index in [0.717, 1.165) is 16.7 Å². The summed E-state index contributed by atoms with van der Waals surface area (Å²) in [6, 6.07) is 14.9. The van der Waals surface area contributed by atoms with Crippen molar-refractivity contribution in [1.82, 2.24) is 0 Å². The third-order valence-electron chi connectivity index (χ3n) is 7.25. The maximum Gasteiger partial charge on any atom is 0.335 e. The molecule has 3 heteroatoms. The molecular formula is C27H32O3. The molecule has 2 saturated carbocycles. The molecule has 0 atom stereocenters. The molecule has 0 saturated heterocycles. The Kier molecular flexibility index (Phi) is 6.66. The molecule has 2 aliphatic carbocycles. The first-order valence-electron chi connectivity index (χ1n) is 11.6. The summed E-state index contributed by atoms with van der Waals surface area (Å²) in [4.78, 5) is 24.7. The first kappa shape index (κ1) is 20.8. The van der Waals surface area contributed by atoms with Gasteiger partial charge in [0.15, 0.2) is 5.78 Å². The van der Waals surface area contributed by atoms with E-state index in [4.69, 9.17) is 5.11 Å². The van der Waals surface area contributed by atoms with Gasteiger partial charge in [-0.1, -0.05) is 74.9 Å². The fraction of sp³-hybridized carbons (Fsp3) is 0.481.